The number of rotatable bonds is 7. The summed E-state index contributed by atoms with van der Waals surface area (Å²) in [6.45, 7) is 1.90. The molecule has 0 aliphatic carbocycles. The van der Waals surface area contributed by atoms with Crippen molar-refractivity contribution in [2.75, 3.05) is 31.2 Å². The molecule has 1 heterocycles. The first-order valence-electron chi connectivity index (χ1n) is 9.46. The first kappa shape index (κ1) is 20.5. The monoisotopic (exact) mass is 441 g/mol. The van der Waals surface area contributed by atoms with Crippen molar-refractivity contribution in [3.8, 4) is 6.07 Å². The highest BCUT2D eigenvalue weighted by Gasteiger charge is 2.35. The summed E-state index contributed by atoms with van der Waals surface area (Å²) in [6.07, 6.45) is 1.91. The molecule has 28 heavy (non-hydrogen) atoms. The molecule has 0 unspecified atom stereocenters. The molecule has 0 aromatic heterocycles. The molecule has 1 amide bonds. The lowest BCUT2D eigenvalue weighted by Crippen LogP contribution is -2.51. The van der Waals surface area contributed by atoms with Gasteiger partial charge in [-0.25, -0.2) is 0 Å². The Kier molecular flexibility index (Phi) is 7.21. The van der Waals surface area contributed by atoms with Gasteiger partial charge in [-0.3, -0.25) is 10.1 Å². The molecule has 146 valence electrons. The molecule has 6 heteroatoms. The van der Waals surface area contributed by atoms with Crippen molar-refractivity contribution < 1.29 is 9.53 Å². The summed E-state index contributed by atoms with van der Waals surface area (Å²) in [5.74, 6) is -0.0395. The molecule has 1 fully saturated rings. The second-order valence-electron chi connectivity index (χ2n) is 6.85. The number of ether oxygens (including phenoxy) is 1. The number of nitriles is 1. The number of hydrogen-bond donors (Lipinski definition) is 1. The molecule has 3 rings (SSSR count). The van der Waals surface area contributed by atoms with Crippen molar-refractivity contribution in [1.82, 2.24) is 5.32 Å². The van der Waals surface area contributed by atoms with Gasteiger partial charge < -0.3 is 9.64 Å². The largest absolute Gasteiger partial charge is 0.381 e. The van der Waals surface area contributed by atoms with Crippen molar-refractivity contribution in [3.63, 3.8) is 0 Å². The summed E-state index contributed by atoms with van der Waals surface area (Å²) in [7, 11) is 0. The molecule has 0 radical (unpaired) electrons. The van der Waals surface area contributed by atoms with Crippen LogP contribution in [-0.2, 0) is 15.1 Å². The molecule has 1 saturated heterocycles. The van der Waals surface area contributed by atoms with Crippen molar-refractivity contribution >= 4 is 27.5 Å². The average molecular weight is 442 g/mol. The van der Waals surface area contributed by atoms with Crippen LogP contribution in [0.15, 0.2) is 59.1 Å². The van der Waals surface area contributed by atoms with Gasteiger partial charge in [-0.2, -0.15) is 5.26 Å². The fraction of sp³-hybridized carbons (Fsp3) is 0.364. The second kappa shape index (κ2) is 9.83. The first-order valence-corrected chi connectivity index (χ1v) is 10.3. The van der Waals surface area contributed by atoms with Crippen LogP contribution < -0.4 is 10.2 Å². The number of benzene rings is 2. The van der Waals surface area contributed by atoms with E-state index in [0.29, 0.717) is 26.2 Å². The highest BCUT2D eigenvalue weighted by molar-refractivity contribution is 9.10. The van der Waals surface area contributed by atoms with Crippen molar-refractivity contribution in [1.29, 1.82) is 5.26 Å². The van der Waals surface area contributed by atoms with Gasteiger partial charge in [0.15, 0.2) is 0 Å². The van der Waals surface area contributed by atoms with Gasteiger partial charge in [0.05, 0.1) is 19.0 Å². The lowest BCUT2D eigenvalue weighted by atomic mass is 9.82. The predicted molar refractivity (Wildman–Crippen MR) is 113 cm³/mol. The number of carbonyl (C=O) groups is 1. The minimum atomic E-state index is -0.296. The van der Waals surface area contributed by atoms with Crippen LogP contribution in [-0.4, -0.2) is 32.2 Å². The number of anilines is 1. The molecular formula is C22H24BrN3O2. The van der Waals surface area contributed by atoms with Gasteiger partial charge in [0.2, 0.25) is 5.91 Å². The van der Waals surface area contributed by atoms with E-state index >= 15 is 0 Å². The van der Waals surface area contributed by atoms with Gasteiger partial charge in [0, 0.05) is 35.5 Å². The van der Waals surface area contributed by atoms with Crippen LogP contribution in [0.2, 0.25) is 0 Å². The van der Waals surface area contributed by atoms with Gasteiger partial charge in [0.25, 0.3) is 0 Å². The SMILES string of the molecule is N#CCCN(C(=O)CNC1(c2cccc(Br)c2)CCOCC1)c1ccccc1. The van der Waals surface area contributed by atoms with Crippen LogP contribution in [0.4, 0.5) is 5.69 Å². The van der Waals surface area contributed by atoms with Crippen LogP contribution in [0, 0.1) is 11.3 Å². The van der Waals surface area contributed by atoms with Gasteiger partial charge in [-0.1, -0.05) is 46.3 Å². The molecule has 1 N–H and O–H groups in total. The molecular weight excluding hydrogens is 418 g/mol. The lowest BCUT2D eigenvalue weighted by Gasteiger charge is -2.39. The van der Waals surface area contributed by atoms with Crippen molar-refractivity contribution in [3.05, 3.63) is 64.6 Å². The Hall–Kier alpha value is -2.20. The fourth-order valence-electron chi connectivity index (χ4n) is 3.58. The number of hydrogen-bond acceptors (Lipinski definition) is 4. The topological polar surface area (TPSA) is 65.4 Å². The summed E-state index contributed by atoms with van der Waals surface area (Å²) in [6, 6.07) is 19.9. The Morgan fingerprint density at radius 2 is 1.93 bits per heavy atom. The maximum Gasteiger partial charge on any atom is 0.240 e. The van der Waals surface area contributed by atoms with E-state index in [4.69, 9.17) is 10.00 Å². The number of amides is 1. The number of carbonyl (C=O) groups excluding carboxylic acids is 1. The summed E-state index contributed by atoms with van der Waals surface area (Å²) >= 11 is 3.55. The summed E-state index contributed by atoms with van der Waals surface area (Å²) < 4.78 is 6.59. The fourth-order valence-corrected chi connectivity index (χ4v) is 3.98. The quantitative estimate of drug-likeness (QED) is 0.705. The zero-order valence-corrected chi connectivity index (χ0v) is 17.3. The van der Waals surface area contributed by atoms with E-state index in [2.05, 4.69) is 39.4 Å². The Morgan fingerprint density at radius 3 is 2.61 bits per heavy atom. The number of nitrogens with zero attached hydrogens (tertiary/aromatic N) is 2. The molecule has 2 aromatic rings. The van der Waals surface area contributed by atoms with Gasteiger partial charge in [-0.05, 0) is 42.7 Å². The van der Waals surface area contributed by atoms with E-state index in [1.807, 2.05) is 42.5 Å². The molecule has 0 atom stereocenters. The maximum atomic E-state index is 13.0. The lowest BCUT2D eigenvalue weighted by molar-refractivity contribution is -0.118. The molecule has 0 spiro atoms. The zero-order valence-electron chi connectivity index (χ0n) is 15.7. The number of para-hydroxylation sites is 1. The maximum absolute atomic E-state index is 13.0. The number of nitrogens with one attached hydrogen (secondary N) is 1. The Bertz CT molecular complexity index is 829. The average Bonchev–Trinajstić information content (AvgIpc) is 2.74. The van der Waals surface area contributed by atoms with Crippen LogP contribution in [0.5, 0.6) is 0 Å². The third kappa shape index (κ3) is 4.99. The van der Waals surface area contributed by atoms with E-state index in [-0.39, 0.29) is 18.0 Å². The van der Waals surface area contributed by atoms with Crippen LogP contribution in [0.25, 0.3) is 0 Å². The molecule has 0 bridgehead atoms. The van der Waals surface area contributed by atoms with Crippen molar-refractivity contribution in [2.24, 2.45) is 0 Å². The molecule has 2 aromatic carbocycles. The minimum absolute atomic E-state index is 0.0395. The Labute approximate surface area is 174 Å². The third-order valence-corrected chi connectivity index (χ3v) is 5.61. The van der Waals surface area contributed by atoms with Gasteiger partial charge >= 0.3 is 0 Å². The summed E-state index contributed by atoms with van der Waals surface area (Å²) in [4.78, 5) is 14.7. The molecule has 1 aliphatic rings. The summed E-state index contributed by atoms with van der Waals surface area (Å²) in [5.41, 5.74) is 1.67. The zero-order chi connectivity index (χ0) is 19.8. The smallest absolute Gasteiger partial charge is 0.240 e. The Morgan fingerprint density at radius 1 is 1.18 bits per heavy atom. The van der Waals surface area contributed by atoms with E-state index in [1.54, 1.807) is 4.90 Å². The summed E-state index contributed by atoms with van der Waals surface area (Å²) in [5, 5.41) is 12.5. The first-order chi connectivity index (χ1) is 13.6. The van der Waals surface area contributed by atoms with E-state index in [0.717, 1.165) is 28.6 Å². The Balaban J connectivity index is 1.78. The highest BCUT2D eigenvalue weighted by atomic mass is 79.9. The van der Waals surface area contributed by atoms with Crippen LogP contribution in [0.3, 0.4) is 0 Å². The molecule has 1 aliphatic heterocycles. The van der Waals surface area contributed by atoms with Crippen LogP contribution in [0.1, 0.15) is 24.8 Å². The van der Waals surface area contributed by atoms with Crippen LogP contribution >= 0.6 is 15.9 Å². The highest BCUT2D eigenvalue weighted by Crippen LogP contribution is 2.33. The van der Waals surface area contributed by atoms with E-state index in [1.165, 1.54) is 0 Å². The van der Waals surface area contributed by atoms with E-state index in [9.17, 15) is 4.79 Å². The third-order valence-electron chi connectivity index (χ3n) is 5.12. The predicted octanol–water partition coefficient (Wildman–Crippen LogP) is 3.99. The molecule has 0 saturated carbocycles. The minimum Gasteiger partial charge on any atom is -0.381 e. The van der Waals surface area contributed by atoms with Gasteiger partial charge in [-0.15, -0.1) is 0 Å². The van der Waals surface area contributed by atoms with Crippen molar-refractivity contribution in [2.45, 2.75) is 24.8 Å². The van der Waals surface area contributed by atoms with Gasteiger partial charge in [0.1, 0.15) is 0 Å². The van der Waals surface area contributed by atoms with E-state index < -0.39 is 0 Å². The standard InChI is InChI=1S/C22H24BrN3O2/c23-19-7-4-6-18(16-19)22(10-14-28-15-11-22)25-17-21(27)26(13-5-12-24)20-8-2-1-3-9-20/h1-4,6-9,16,25H,5,10-11,13-15,17H2. The number of halogens is 1. The normalized spacial score (nSPS) is 15.6. The second-order valence-corrected chi connectivity index (χ2v) is 7.76. The molecule has 5 nitrogen and oxygen atoms in total.